The molecule has 0 unspecified atom stereocenters. The molecule has 2 bridgehead atoms. The number of hydrogen-bond donors (Lipinski definition) is 0. The molecule has 3 aromatic heterocycles. The van der Waals surface area contributed by atoms with Crippen LogP contribution < -0.4 is 15.2 Å². The van der Waals surface area contributed by atoms with Crippen molar-refractivity contribution < 1.29 is 4.74 Å². The van der Waals surface area contributed by atoms with Gasteiger partial charge in [-0.2, -0.15) is 5.10 Å². The van der Waals surface area contributed by atoms with Crippen LogP contribution in [0.4, 0.5) is 5.82 Å². The smallest absolute Gasteiger partial charge is 0.255 e. The molecule has 32 heavy (non-hydrogen) atoms. The first-order chi connectivity index (χ1) is 15.6. The number of methoxy groups -OCH3 is 1. The summed E-state index contributed by atoms with van der Waals surface area (Å²) in [6.45, 7) is 3.77. The number of pyridine rings is 2. The topological polar surface area (TPSA) is 76.4 Å². The highest BCUT2D eigenvalue weighted by molar-refractivity contribution is 5.39. The highest BCUT2D eigenvalue weighted by atomic mass is 16.5. The Kier molecular flexibility index (Phi) is 5.61. The zero-order chi connectivity index (χ0) is 22.1. The maximum absolute atomic E-state index is 13.3. The van der Waals surface area contributed by atoms with Crippen molar-refractivity contribution in [2.45, 2.75) is 32.0 Å². The van der Waals surface area contributed by atoms with Crippen molar-refractivity contribution in [1.82, 2.24) is 24.6 Å². The molecule has 0 N–H and O–H groups in total. The van der Waals surface area contributed by atoms with Gasteiger partial charge in [0.2, 0.25) is 0 Å². The Labute approximate surface area is 187 Å². The van der Waals surface area contributed by atoms with Gasteiger partial charge in [0.25, 0.3) is 5.56 Å². The van der Waals surface area contributed by atoms with E-state index in [4.69, 9.17) is 4.74 Å². The Morgan fingerprint density at radius 1 is 1.12 bits per heavy atom. The molecule has 2 atom stereocenters. The Bertz CT molecular complexity index is 1150. The van der Waals surface area contributed by atoms with Crippen LogP contribution in [0.5, 0.6) is 5.75 Å². The quantitative estimate of drug-likeness (QED) is 0.592. The molecule has 5 heterocycles. The molecule has 166 valence electrons. The summed E-state index contributed by atoms with van der Waals surface area (Å²) < 4.78 is 7.30. The number of fused-ring (bicyclic) bond motifs is 4. The van der Waals surface area contributed by atoms with Gasteiger partial charge >= 0.3 is 0 Å². The van der Waals surface area contributed by atoms with E-state index in [9.17, 15) is 4.79 Å². The number of hydrogen-bond acceptors (Lipinski definition) is 7. The zero-order valence-electron chi connectivity index (χ0n) is 18.5. The van der Waals surface area contributed by atoms with Gasteiger partial charge < -0.3 is 14.2 Å². The molecule has 1 saturated heterocycles. The summed E-state index contributed by atoms with van der Waals surface area (Å²) in [5.74, 6) is 2.49. The molecule has 0 saturated carbocycles. The molecule has 2 aliphatic rings. The van der Waals surface area contributed by atoms with Crippen LogP contribution in [0.1, 0.15) is 29.3 Å². The minimum atomic E-state index is 0.135. The number of piperidine rings is 1. The first-order valence-corrected chi connectivity index (χ1v) is 11.0. The van der Waals surface area contributed by atoms with E-state index >= 15 is 0 Å². The number of rotatable bonds is 6. The predicted molar refractivity (Wildman–Crippen MR) is 122 cm³/mol. The molecule has 0 aromatic carbocycles. The second-order valence-electron chi connectivity index (χ2n) is 8.84. The van der Waals surface area contributed by atoms with Crippen LogP contribution in [0.3, 0.4) is 0 Å². The van der Waals surface area contributed by atoms with Crippen LogP contribution in [-0.4, -0.2) is 51.9 Å². The second kappa shape index (κ2) is 8.70. The molecule has 8 heteroatoms. The number of nitrogens with zero attached hydrogens (tertiary/aromatic N) is 6. The van der Waals surface area contributed by atoms with Gasteiger partial charge in [0.05, 0.1) is 12.8 Å². The molecule has 1 fully saturated rings. The molecule has 5 rings (SSSR count). The van der Waals surface area contributed by atoms with Crippen molar-refractivity contribution in [2.75, 3.05) is 32.1 Å². The summed E-state index contributed by atoms with van der Waals surface area (Å²) in [6, 6.07) is 11.9. The lowest BCUT2D eigenvalue weighted by molar-refractivity contribution is 0.275. The van der Waals surface area contributed by atoms with Crippen LogP contribution in [-0.2, 0) is 19.6 Å². The summed E-state index contributed by atoms with van der Waals surface area (Å²) >= 11 is 0. The van der Waals surface area contributed by atoms with Crippen molar-refractivity contribution in [2.24, 2.45) is 5.92 Å². The van der Waals surface area contributed by atoms with Crippen molar-refractivity contribution in [3.8, 4) is 5.75 Å². The summed E-state index contributed by atoms with van der Waals surface area (Å²) in [5.41, 5.74) is 3.02. The van der Waals surface area contributed by atoms with E-state index in [1.54, 1.807) is 19.5 Å². The fraction of sp³-hybridized carbons (Fsp3) is 0.417. The van der Waals surface area contributed by atoms with Crippen molar-refractivity contribution in [1.29, 1.82) is 0 Å². The number of anilines is 1. The van der Waals surface area contributed by atoms with E-state index in [1.807, 2.05) is 41.9 Å². The SMILES string of the molecule is COc1ccnc(CN(C)Cc2ccc3n(c2=O)C[C@H]2C[C@@H]3CN(c3cccnn3)C2)c1. The van der Waals surface area contributed by atoms with Crippen LogP contribution in [0, 0.1) is 5.92 Å². The van der Waals surface area contributed by atoms with Crippen LogP contribution >= 0.6 is 0 Å². The Morgan fingerprint density at radius 2 is 2.03 bits per heavy atom. The van der Waals surface area contributed by atoms with E-state index in [0.717, 1.165) is 54.6 Å². The average molecular weight is 433 g/mol. The number of ether oxygens (including phenoxy) is 1. The predicted octanol–water partition coefficient (Wildman–Crippen LogP) is 2.30. The normalized spacial score (nSPS) is 19.7. The van der Waals surface area contributed by atoms with Crippen molar-refractivity contribution in [3.05, 3.63) is 76.1 Å². The van der Waals surface area contributed by atoms with Crippen molar-refractivity contribution >= 4 is 5.82 Å². The standard InChI is InChI=1S/C24H28N6O2/c1-28(16-20-11-21(32-2)7-9-25-20)14-18-5-6-22-19-10-17(13-30(22)24(18)31)12-29(15-19)23-4-3-8-26-27-23/h3-9,11,17,19H,10,12-16H2,1-2H3/t17-,19+/m0/s1. The second-order valence-corrected chi connectivity index (χ2v) is 8.84. The Balaban J connectivity index is 1.33. The van der Waals surface area contributed by atoms with Gasteiger partial charge in [-0.05, 0) is 43.7 Å². The van der Waals surface area contributed by atoms with E-state index in [-0.39, 0.29) is 5.56 Å². The van der Waals surface area contributed by atoms with Gasteiger partial charge in [-0.25, -0.2) is 0 Å². The lowest BCUT2D eigenvalue weighted by Crippen LogP contribution is -2.48. The van der Waals surface area contributed by atoms with Gasteiger partial charge in [-0.1, -0.05) is 6.07 Å². The largest absolute Gasteiger partial charge is 0.497 e. The summed E-state index contributed by atoms with van der Waals surface area (Å²) in [5, 5.41) is 8.31. The van der Waals surface area contributed by atoms with E-state index in [0.29, 0.717) is 24.9 Å². The Morgan fingerprint density at radius 3 is 2.84 bits per heavy atom. The minimum Gasteiger partial charge on any atom is -0.497 e. The molecule has 3 aromatic rings. The fourth-order valence-corrected chi connectivity index (χ4v) is 5.05. The highest BCUT2D eigenvalue weighted by Crippen LogP contribution is 2.36. The fourth-order valence-electron chi connectivity index (χ4n) is 5.05. The average Bonchev–Trinajstić information content (AvgIpc) is 2.82. The minimum absolute atomic E-state index is 0.135. The van der Waals surface area contributed by atoms with Crippen LogP contribution in [0.25, 0.3) is 0 Å². The van der Waals surface area contributed by atoms with Gasteiger partial charge in [-0.3, -0.25) is 14.7 Å². The first-order valence-electron chi connectivity index (χ1n) is 11.0. The lowest BCUT2D eigenvalue weighted by Gasteiger charge is -2.43. The summed E-state index contributed by atoms with van der Waals surface area (Å²) in [6.07, 6.45) is 4.57. The number of aromatic nitrogens is 4. The zero-order valence-corrected chi connectivity index (χ0v) is 18.5. The molecular formula is C24H28N6O2. The maximum Gasteiger partial charge on any atom is 0.255 e. The molecule has 2 aliphatic heterocycles. The van der Waals surface area contributed by atoms with Crippen LogP contribution in [0.2, 0.25) is 0 Å². The monoisotopic (exact) mass is 432 g/mol. The van der Waals surface area contributed by atoms with E-state index in [2.05, 4.69) is 31.0 Å². The van der Waals surface area contributed by atoms with E-state index < -0.39 is 0 Å². The summed E-state index contributed by atoms with van der Waals surface area (Å²) in [4.78, 5) is 22.2. The molecule has 0 aliphatic carbocycles. The molecular weight excluding hydrogens is 404 g/mol. The molecule has 0 spiro atoms. The third-order valence-corrected chi connectivity index (χ3v) is 6.46. The van der Waals surface area contributed by atoms with E-state index in [1.165, 1.54) is 0 Å². The highest BCUT2D eigenvalue weighted by Gasteiger charge is 2.35. The maximum atomic E-state index is 13.3. The lowest BCUT2D eigenvalue weighted by atomic mass is 9.83. The van der Waals surface area contributed by atoms with Gasteiger partial charge in [0.15, 0.2) is 5.82 Å². The third kappa shape index (κ3) is 4.10. The van der Waals surface area contributed by atoms with Gasteiger partial charge in [-0.15, -0.1) is 5.10 Å². The first kappa shape index (κ1) is 20.6. The molecule has 0 amide bonds. The summed E-state index contributed by atoms with van der Waals surface area (Å²) in [7, 11) is 3.66. The third-order valence-electron chi connectivity index (χ3n) is 6.46. The van der Waals surface area contributed by atoms with Crippen molar-refractivity contribution in [3.63, 3.8) is 0 Å². The molecule has 0 radical (unpaired) electrons. The van der Waals surface area contributed by atoms with Gasteiger partial charge in [0.1, 0.15) is 5.75 Å². The molecule has 8 nitrogen and oxygen atoms in total. The van der Waals surface area contributed by atoms with Gasteiger partial charge in [0, 0.05) is 68.4 Å². The Hall–Kier alpha value is -3.26. The van der Waals surface area contributed by atoms with Crippen LogP contribution in [0.15, 0.2) is 53.6 Å².